The first-order chi connectivity index (χ1) is 6.60. The first-order valence-corrected chi connectivity index (χ1v) is 4.71. The lowest BCUT2D eigenvalue weighted by Crippen LogP contribution is -2.04. The van der Waals surface area contributed by atoms with E-state index in [1.165, 1.54) is 0 Å². The Hall–Kier alpha value is -0.910. The van der Waals surface area contributed by atoms with Crippen molar-refractivity contribution in [3.63, 3.8) is 0 Å². The van der Waals surface area contributed by atoms with Crippen LogP contribution in [0.25, 0.3) is 0 Å². The van der Waals surface area contributed by atoms with Gasteiger partial charge in [-0.2, -0.15) is 4.39 Å². The van der Waals surface area contributed by atoms with Crippen molar-refractivity contribution >= 4 is 22.2 Å². The molecule has 1 aromatic rings. The van der Waals surface area contributed by atoms with Crippen molar-refractivity contribution in [1.82, 2.24) is 4.98 Å². The minimum absolute atomic E-state index is 0.0367. The Bertz CT molecular complexity index is 357. The molecule has 14 heavy (non-hydrogen) atoms. The SMILES string of the molecule is O=Cc1nc(F)cc(CBr)c1C(F)F. The molecule has 0 bridgehead atoms. The van der Waals surface area contributed by atoms with Gasteiger partial charge in [0.1, 0.15) is 5.69 Å². The summed E-state index contributed by atoms with van der Waals surface area (Å²) in [5.41, 5.74) is -1.03. The Morgan fingerprint density at radius 3 is 2.64 bits per heavy atom. The minimum Gasteiger partial charge on any atom is -0.296 e. The number of pyridine rings is 1. The lowest BCUT2D eigenvalue weighted by atomic mass is 10.1. The molecule has 1 aromatic heterocycles. The normalized spacial score (nSPS) is 10.6. The van der Waals surface area contributed by atoms with E-state index in [4.69, 9.17) is 0 Å². The maximum absolute atomic E-state index is 12.7. The van der Waals surface area contributed by atoms with E-state index in [1.807, 2.05) is 0 Å². The molecule has 0 atom stereocenters. The molecule has 0 aliphatic carbocycles. The second-order valence-corrected chi connectivity index (χ2v) is 3.02. The van der Waals surface area contributed by atoms with Gasteiger partial charge < -0.3 is 0 Å². The molecule has 0 saturated carbocycles. The summed E-state index contributed by atoms with van der Waals surface area (Å²) in [5.74, 6) is -0.939. The van der Waals surface area contributed by atoms with Gasteiger partial charge in [-0.1, -0.05) is 15.9 Å². The van der Waals surface area contributed by atoms with Gasteiger partial charge in [0.15, 0.2) is 6.29 Å². The highest BCUT2D eigenvalue weighted by molar-refractivity contribution is 9.08. The molecule has 0 fully saturated rings. The van der Waals surface area contributed by atoms with Crippen LogP contribution in [0.2, 0.25) is 0 Å². The highest BCUT2D eigenvalue weighted by Gasteiger charge is 2.19. The highest BCUT2D eigenvalue weighted by atomic mass is 79.9. The molecule has 0 amide bonds. The van der Waals surface area contributed by atoms with Gasteiger partial charge in [-0.15, -0.1) is 0 Å². The van der Waals surface area contributed by atoms with Crippen LogP contribution in [-0.4, -0.2) is 11.3 Å². The second-order valence-electron chi connectivity index (χ2n) is 2.46. The van der Waals surface area contributed by atoms with Crippen LogP contribution in [0.5, 0.6) is 0 Å². The third kappa shape index (κ3) is 2.12. The number of hydrogen-bond donors (Lipinski definition) is 0. The van der Waals surface area contributed by atoms with Gasteiger partial charge in [0.2, 0.25) is 5.95 Å². The number of halogens is 4. The number of aldehydes is 1. The van der Waals surface area contributed by atoms with Crippen LogP contribution >= 0.6 is 15.9 Å². The van der Waals surface area contributed by atoms with Crippen molar-refractivity contribution < 1.29 is 18.0 Å². The summed E-state index contributed by atoms with van der Waals surface area (Å²) >= 11 is 2.93. The predicted octanol–water partition coefficient (Wildman–Crippen LogP) is 2.87. The van der Waals surface area contributed by atoms with Crippen LogP contribution in [0, 0.1) is 5.95 Å². The molecule has 0 radical (unpaired) electrons. The molecule has 0 N–H and O–H groups in total. The highest BCUT2D eigenvalue weighted by Crippen LogP contribution is 2.26. The zero-order valence-corrected chi connectivity index (χ0v) is 8.39. The van der Waals surface area contributed by atoms with Crippen LogP contribution in [0.1, 0.15) is 28.0 Å². The largest absolute Gasteiger partial charge is 0.296 e. The first kappa shape index (κ1) is 11.2. The van der Waals surface area contributed by atoms with Crippen molar-refractivity contribution in [3.05, 3.63) is 28.8 Å². The van der Waals surface area contributed by atoms with Crippen molar-refractivity contribution in [3.8, 4) is 0 Å². The summed E-state index contributed by atoms with van der Waals surface area (Å²) in [6.45, 7) is 0. The van der Waals surface area contributed by atoms with E-state index in [9.17, 15) is 18.0 Å². The van der Waals surface area contributed by atoms with E-state index in [2.05, 4.69) is 20.9 Å². The van der Waals surface area contributed by atoms with Gasteiger partial charge in [0, 0.05) is 5.33 Å². The fourth-order valence-corrected chi connectivity index (χ4v) is 1.51. The number of carbonyl (C=O) groups excluding carboxylic acids is 1. The molecule has 0 spiro atoms. The molecule has 1 rings (SSSR count). The fourth-order valence-electron chi connectivity index (χ4n) is 1.05. The predicted molar refractivity (Wildman–Crippen MR) is 47.2 cm³/mol. The molecule has 6 heteroatoms. The molecule has 0 saturated heterocycles. The number of alkyl halides is 3. The average molecular weight is 268 g/mol. The lowest BCUT2D eigenvalue weighted by molar-refractivity contribution is 0.110. The van der Waals surface area contributed by atoms with Gasteiger partial charge in [-0.05, 0) is 11.6 Å². The smallest absolute Gasteiger partial charge is 0.266 e. The molecule has 76 valence electrons. The van der Waals surface area contributed by atoms with Crippen molar-refractivity contribution in [2.24, 2.45) is 0 Å². The quantitative estimate of drug-likeness (QED) is 0.479. The van der Waals surface area contributed by atoms with Gasteiger partial charge in [-0.3, -0.25) is 4.79 Å². The summed E-state index contributed by atoms with van der Waals surface area (Å²) < 4.78 is 37.6. The number of carbonyl (C=O) groups is 1. The van der Waals surface area contributed by atoms with E-state index in [-0.39, 0.29) is 17.2 Å². The van der Waals surface area contributed by atoms with Crippen LogP contribution < -0.4 is 0 Å². The summed E-state index contributed by atoms with van der Waals surface area (Å²) in [6.07, 6.45) is -2.72. The number of aromatic nitrogens is 1. The summed E-state index contributed by atoms with van der Waals surface area (Å²) in [4.78, 5) is 13.5. The zero-order valence-electron chi connectivity index (χ0n) is 6.81. The number of nitrogens with zero attached hydrogens (tertiary/aromatic N) is 1. The Morgan fingerprint density at radius 1 is 1.57 bits per heavy atom. The maximum Gasteiger partial charge on any atom is 0.266 e. The summed E-state index contributed by atoms with van der Waals surface area (Å²) in [7, 11) is 0. The Balaban J connectivity index is 3.40. The first-order valence-electron chi connectivity index (χ1n) is 3.58. The lowest BCUT2D eigenvalue weighted by Gasteiger charge is -2.07. The molecular weight excluding hydrogens is 263 g/mol. The van der Waals surface area contributed by atoms with E-state index in [1.54, 1.807) is 0 Å². The third-order valence-corrected chi connectivity index (χ3v) is 2.22. The van der Waals surface area contributed by atoms with E-state index in [0.29, 0.717) is 0 Å². The van der Waals surface area contributed by atoms with Crippen molar-refractivity contribution in [1.29, 1.82) is 0 Å². The summed E-state index contributed by atoms with van der Waals surface area (Å²) in [5, 5.41) is 0.0486. The Morgan fingerprint density at radius 2 is 2.21 bits per heavy atom. The average Bonchev–Trinajstić information content (AvgIpc) is 2.15. The molecule has 0 aliphatic heterocycles. The Kier molecular flexibility index (Phi) is 3.62. The second kappa shape index (κ2) is 4.54. The summed E-state index contributed by atoms with van der Waals surface area (Å²) in [6, 6.07) is 0.878. The molecule has 0 unspecified atom stereocenters. The number of hydrogen-bond acceptors (Lipinski definition) is 2. The maximum atomic E-state index is 12.7. The van der Waals surface area contributed by atoms with Crippen molar-refractivity contribution in [2.75, 3.05) is 0 Å². The van der Waals surface area contributed by atoms with E-state index in [0.717, 1.165) is 6.07 Å². The molecule has 0 aliphatic rings. The fraction of sp³-hybridized carbons (Fsp3) is 0.250. The van der Waals surface area contributed by atoms with Crippen LogP contribution in [0.3, 0.4) is 0 Å². The standard InChI is InChI=1S/C8H5BrF3NO/c9-2-4-1-6(10)13-5(3-14)7(4)8(11)12/h1,3,8H,2H2. The van der Waals surface area contributed by atoms with Crippen LogP contribution in [-0.2, 0) is 5.33 Å². The van der Waals surface area contributed by atoms with Gasteiger partial charge in [-0.25, -0.2) is 13.8 Å². The van der Waals surface area contributed by atoms with Crippen molar-refractivity contribution in [2.45, 2.75) is 11.8 Å². The minimum atomic E-state index is -2.84. The van der Waals surface area contributed by atoms with E-state index >= 15 is 0 Å². The molecule has 1 heterocycles. The topological polar surface area (TPSA) is 30.0 Å². The molecule has 2 nitrogen and oxygen atoms in total. The molecular formula is C8H5BrF3NO. The van der Waals surface area contributed by atoms with Gasteiger partial charge in [0.25, 0.3) is 6.43 Å². The van der Waals surface area contributed by atoms with Crippen LogP contribution in [0.15, 0.2) is 6.07 Å². The zero-order chi connectivity index (χ0) is 10.7. The third-order valence-electron chi connectivity index (χ3n) is 1.62. The van der Waals surface area contributed by atoms with Crippen LogP contribution in [0.4, 0.5) is 13.2 Å². The van der Waals surface area contributed by atoms with E-state index < -0.39 is 23.6 Å². The Labute approximate surface area is 86.3 Å². The monoisotopic (exact) mass is 267 g/mol. The molecule has 0 aromatic carbocycles. The number of rotatable bonds is 3. The van der Waals surface area contributed by atoms with Gasteiger partial charge in [0.05, 0.1) is 5.56 Å². The van der Waals surface area contributed by atoms with Gasteiger partial charge >= 0.3 is 0 Å².